The van der Waals surface area contributed by atoms with E-state index in [1.165, 1.54) is 0 Å². The van der Waals surface area contributed by atoms with Gasteiger partial charge in [0.05, 0.1) is 5.02 Å². The number of rotatable bonds is 1. The van der Waals surface area contributed by atoms with Crippen LogP contribution >= 0.6 is 34.8 Å². The zero-order valence-electron chi connectivity index (χ0n) is 6.82. The van der Waals surface area contributed by atoms with Crippen molar-refractivity contribution >= 4 is 40.8 Å². The van der Waals surface area contributed by atoms with Gasteiger partial charge in [0, 0.05) is 0 Å². The van der Waals surface area contributed by atoms with E-state index < -0.39 is 10.8 Å². The second-order valence-corrected chi connectivity index (χ2v) is 3.59. The fraction of sp³-hybridized carbons (Fsp3) is 0.125. The van der Waals surface area contributed by atoms with Gasteiger partial charge in [-0.3, -0.25) is 0 Å². The maximum Gasteiger partial charge on any atom is 0.337 e. The summed E-state index contributed by atoms with van der Waals surface area (Å²) in [6.07, 6.45) is 0. The lowest BCUT2D eigenvalue weighted by Gasteiger charge is -1.89. The van der Waals surface area contributed by atoms with Crippen LogP contribution in [0.4, 0.5) is 0 Å². The highest BCUT2D eigenvalue weighted by molar-refractivity contribution is 6.52. The predicted molar refractivity (Wildman–Crippen MR) is 56.2 cm³/mol. The van der Waals surface area contributed by atoms with E-state index in [1.54, 1.807) is 24.3 Å². The lowest BCUT2D eigenvalue weighted by molar-refractivity contribution is -0.135. The molecule has 0 bridgehead atoms. The Bertz CT molecular complexity index is 281. The number of hydrogen-bond donors (Lipinski definition) is 2. The van der Waals surface area contributed by atoms with Gasteiger partial charge in [-0.2, -0.15) is 0 Å². The standard InChI is InChI=1S/C6H5ClO.C2H2Cl2O2/c7-5-3-1-2-4-6(5)8;3-1(4)2(5)6/h1-4,8H;1H,(H,5,6). The molecular weight excluding hydrogens is 250 g/mol. The molecule has 0 aliphatic heterocycles. The highest BCUT2D eigenvalue weighted by Crippen LogP contribution is 2.20. The number of para-hydroxylation sites is 1. The summed E-state index contributed by atoms with van der Waals surface area (Å²) >= 11 is 15.0. The van der Waals surface area contributed by atoms with E-state index in [9.17, 15) is 4.79 Å². The first-order chi connectivity index (χ1) is 6.45. The van der Waals surface area contributed by atoms with Gasteiger partial charge in [0.15, 0.2) is 0 Å². The Balaban J connectivity index is 0.000000255. The van der Waals surface area contributed by atoms with Crippen molar-refractivity contribution < 1.29 is 15.0 Å². The van der Waals surface area contributed by atoms with Crippen molar-refractivity contribution in [1.29, 1.82) is 0 Å². The van der Waals surface area contributed by atoms with Crippen LogP contribution in [-0.4, -0.2) is 21.0 Å². The summed E-state index contributed by atoms with van der Waals surface area (Å²) in [6, 6.07) is 6.67. The SMILES string of the molecule is O=C(O)C(Cl)Cl.Oc1ccccc1Cl. The summed E-state index contributed by atoms with van der Waals surface area (Å²) in [5.74, 6) is -1.08. The smallest absolute Gasteiger partial charge is 0.337 e. The Morgan fingerprint density at radius 2 is 1.71 bits per heavy atom. The summed E-state index contributed by atoms with van der Waals surface area (Å²) in [6.45, 7) is 0. The number of alkyl halides is 2. The number of hydrogen-bond acceptors (Lipinski definition) is 2. The molecule has 0 saturated heterocycles. The summed E-state index contributed by atoms with van der Waals surface area (Å²) in [5.41, 5.74) is 0. The van der Waals surface area contributed by atoms with Crippen LogP contribution < -0.4 is 0 Å². The third-order valence-corrected chi connectivity index (χ3v) is 1.73. The molecule has 1 aromatic carbocycles. The zero-order chi connectivity index (χ0) is 11.1. The quantitative estimate of drug-likeness (QED) is 0.761. The van der Waals surface area contributed by atoms with E-state index in [0.29, 0.717) is 5.02 Å². The van der Waals surface area contributed by atoms with Crippen LogP contribution in [-0.2, 0) is 4.79 Å². The Hall–Kier alpha value is -0.640. The van der Waals surface area contributed by atoms with E-state index in [4.69, 9.17) is 45.0 Å². The third-order valence-electron chi connectivity index (χ3n) is 1.04. The number of aliphatic carboxylic acids is 1. The van der Waals surface area contributed by atoms with E-state index in [-0.39, 0.29) is 5.75 Å². The van der Waals surface area contributed by atoms with Gasteiger partial charge in [-0.15, -0.1) is 0 Å². The fourth-order valence-corrected chi connectivity index (χ4v) is 0.587. The normalized spacial score (nSPS) is 9.14. The number of carbonyl (C=O) groups is 1. The molecule has 1 aromatic rings. The average molecular weight is 258 g/mol. The molecule has 0 unspecified atom stereocenters. The van der Waals surface area contributed by atoms with Crippen LogP contribution in [0.5, 0.6) is 5.75 Å². The van der Waals surface area contributed by atoms with Crippen molar-refractivity contribution in [3.63, 3.8) is 0 Å². The van der Waals surface area contributed by atoms with Gasteiger partial charge in [-0.05, 0) is 12.1 Å². The molecule has 6 heteroatoms. The third kappa shape index (κ3) is 5.91. The monoisotopic (exact) mass is 256 g/mol. The van der Waals surface area contributed by atoms with Gasteiger partial charge in [-0.1, -0.05) is 46.9 Å². The Labute approximate surface area is 95.8 Å². The number of halogens is 3. The fourth-order valence-electron chi connectivity index (χ4n) is 0.452. The highest BCUT2D eigenvalue weighted by atomic mass is 35.5. The second kappa shape index (κ2) is 6.76. The van der Waals surface area contributed by atoms with Crippen molar-refractivity contribution in [2.75, 3.05) is 0 Å². The molecule has 3 nitrogen and oxygen atoms in total. The van der Waals surface area contributed by atoms with Gasteiger partial charge < -0.3 is 10.2 Å². The number of aromatic hydroxyl groups is 1. The average Bonchev–Trinajstić information content (AvgIpc) is 2.11. The van der Waals surface area contributed by atoms with Gasteiger partial charge in [0.1, 0.15) is 5.75 Å². The number of carboxylic acid groups (broad SMARTS) is 1. The van der Waals surface area contributed by atoms with Crippen molar-refractivity contribution in [3.05, 3.63) is 29.3 Å². The van der Waals surface area contributed by atoms with Crippen molar-refractivity contribution in [3.8, 4) is 5.75 Å². The molecular formula is C8H7Cl3O3. The largest absolute Gasteiger partial charge is 0.506 e. The Morgan fingerprint density at radius 3 is 1.93 bits per heavy atom. The Kier molecular flexibility index (Phi) is 6.45. The van der Waals surface area contributed by atoms with E-state index in [0.717, 1.165) is 0 Å². The molecule has 1 rings (SSSR count). The molecule has 0 atom stereocenters. The molecule has 0 fully saturated rings. The molecule has 0 aromatic heterocycles. The van der Waals surface area contributed by atoms with Crippen molar-refractivity contribution in [1.82, 2.24) is 0 Å². The Morgan fingerprint density at radius 1 is 1.29 bits per heavy atom. The predicted octanol–water partition coefficient (Wildman–Crippen LogP) is 2.92. The minimum Gasteiger partial charge on any atom is -0.506 e. The van der Waals surface area contributed by atoms with Crippen LogP contribution in [0.3, 0.4) is 0 Å². The molecule has 0 radical (unpaired) electrons. The van der Waals surface area contributed by atoms with Crippen LogP contribution in [0.1, 0.15) is 0 Å². The van der Waals surface area contributed by atoms with Gasteiger partial charge in [-0.25, -0.2) is 4.79 Å². The van der Waals surface area contributed by atoms with Crippen LogP contribution in [0.15, 0.2) is 24.3 Å². The number of carboxylic acids is 1. The molecule has 0 amide bonds. The lowest BCUT2D eigenvalue weighted by Crippen LogP contribution is -2.03. The van der Waals surface area contributed by atoms with E-state index in [1.807, 2.05) is 0 Å². The van der Waals surface area contributed by atoms with Gasteiger partial charge in [0.25, 0.3) is 0 Å². The summed E-state index contributed by atoms with van der Waals surface area (Å²) in [5, 5.41) is 16.9. The second-order valence-electron chi connectivity index (χ2n) is 2.09. The first-order valence-electron chi connectivity index (χ1n) is 3.39. The highest BCUT2D eigenvalue weighted by Gasteiger charge is 2.05. The molecule has 0 spiro atoms. The molecule has 0 saturated carbocycles. The first-order valence-corrected chi connectivity index (χ1v) is 4.64. The number of benzene rings is 1. The van der Waals surface area contributed by atoms with Crippen LogP contribution in [0.2, 0.25) is 5.02 Å². The lowest BCUT2D eigenvalue weighted by atomic mass is 10.3. The van der Waals surface area contributed by atoms with Crippen LogP contribution in [0, 0.1) is 0 Å². The minimum atomic E-state index is -1.29. The van der Waals surface area contributed by atoms with Crippen molar-refractivity contribution in [2.24, 2.45) is 0 Å². The van der Waals surface area contributed by atoms with E-state index in [2.05, 4.69) is 0 Å². The molecule has 14 heavy (non-hydrogen) atoms. The maximum atomic E-state index is 9.44. The summed E-state index contributed by atoms with van der Waals surface area (Å²) in [7, 11) is 0. The first kappa shape index (κ1) is 13.4. The molecule has 0 aliphatic rings. The van der Waals surface area contributed by atoms with Gasteiger partial charge in [0.2, 0.25) is 4.84 Å². The summed E-state index contributed by atoms with van der Waals surface area (Å²) in [4.78, 5) is 8.15. The van der Waals surface area contributed by atoms with Crippen molar-refractivity contribution in [2.45, 2.75) is 4.84 Å². The molecule has 2 N–H and O–H groups in total. The summed E-state index contributed by atoms with van der Waals surface area (Å²) < 4.78 is 0. The van der Waals surface area contributed by atoms with Crippen LogP contribution in [0.25, 0.3) is 0 Å². The molecule has 0 aliphatic carbocycles. The topological polar surface area (TPSA) is 57.5 Å². The number of phenolic OH excluding ortho intramolecular Hbond substituents is 1. The van der Waals surface area contributed by atoms with E-state index >= 15 is 0 Å². The molecule has 78 valence electrons. The zero-order valence-corrected chi connectivity index (χ0v) is 9.09. The van der Waals surface area contributed by atoms with Gasteiger partial charge >= 0.3 is 5.97 Å². The minimum absolute atomic E-state index is 0.133. The number of phenols is 1. The molecule has 0 heterocycles. The maximum absolute atomic E-state index is 9.44.